The van der Waals surface area contributed by atoms with Crippen molar-refractivity contribution < 1.29 is 0 Å². The van der Waals surface area contributed by atoms with Crippen molar-refractivity contribution in [2.24, 2.45) is 0 Å². The lowest BCUT2D eigenvalue weighted by Gasteiger charge is -2.05. The van der Waals surface area contributed by atoms with Crippen LogP contribution in [0.1, 0.15) is 122 Å². The molecule has 0 unspecified atom stereocenters. The molecule has 1 N–H and O–H groups in total. The Bertz CT molecular complexity index is 170. The van der Waals surface area contributed by atoms with Crippen molar-refractivity contribution in [2.45, 2.75) is 122 Å². The minimum Gasteiger partial charge on any atom is -0.317 e. The minimum atomic E-state index is 1.10. The molecule has 0 amide bonds. The van der Waals surface area contributed by atoms with E-state index in [0.717, 1.165) is 6.42 Å². The summed E-state index contributed by atoms with van der Waals surface area (Å²) in [5, 5.41) is 3.57. The second kappa shape index (κ2) is 22.0. The van der Waals surface area contributed by atoms with Gasteiger partial charge in [-0.3, -0.25) is 0 Å². The van der Waals surface area contributed by atoms with Crippen LogP contribution in [0.25, 0.3) is 0 Å². The summed E-state index contributed by atoms with van der Waals surface area (Å²) in [6.07, 6.45) is 25.3. The van der Waals surface area contributed by atoms with Crippen LogP contribution >= 0.6 is 0 Å². The van der Waals surface area contributed by atoms with E-state index in [9.17, 15) is 0 Å². The third-order valence-corrected chi connectivity index (χ3v) is 4.81. The fraction of sp³-hybridized carbons (Fsp3) is 0.955. The van der Waals surface area contributed by atoms with E-state index in [2.05, 4.69) is 19.2 Å². The summed E-state index contributed by atoms with van der Waals surface area (Å²) < 4.78 is 0. The highest BCUT2D eigenvalue weighted by atomic mass is 14.8. The van der Waals surface area contributed by atoms with Gasteiger partial charge in [-0.1, -0.05) is 117 Å². The van der Waals surface area contributed by atoms with E-state index in [1.165, 1.54) is 122 Å². The van der Waals surface area contributed by atoms with Crippen LogP contribution in [0.4, 0.5) is 0 Å². The van der Waals surface area contributed by atoms with Gasteiger partial charge < -0.3 is 5.32 Å². The zero-order valence-electron chi connectivity index (χ0n) is 16.3. The van der Waals surface area contributed by atoms with Gasteiger partial charge in [-0.2, -0.15) is 0 Å². The summed E-state index contributed by atoms with van der Waals surface area (Å²) in [5.74, 6) is 0. The summed E-state index contributed by atoms with van der Waals surface area (Å²) in [5.41, 5.74) is 0. The highest BCUT2D eigenvalue weighted by Crippen LogP contribution is 2.12. The number of hydrogen-bond acceptors (Lipinski definition) is 1. The predicted octanol–water partition coefficient (Wildman–Crippen LogP) is 7.45. The average Bonchev–Trinajstić information content (AvgIpc) is 2.57. The second-order valence-corrected chi connectivity index (χ2v) is 7.26. The van der Waals surface area contributed by atoms with E-state index in [1.54, 1.807) is 0 Å². The Morgan fingerprint density at radius 1 is 0.478 bits per heavy atom. The van der Waals surface area contributed by atoms with Crippen LogP contribution in [0.3, 0.4) is 0 Å². The van der Waals surface area contributed by atoms with Crippen LogP contribution in [0, 0.1) is 6.92 Å². The first-order chi connectivity index (χ1) is 11.4. The molecule has 23 heavy (non-hydrogen) atoms. The van der Waals surface area contributed by atoms with Crippen molar-refractivity contribution in [1.82, 2.24) is 5.32 Å². The summed E-state index contributed by atoms with van der Waals surface area (Å²) in [6, 6.07) is 0. The zero-order chi connectivity index (χ0) is 16.8. The van der Waals surface area contributed by atoms with Crippen molar-refractivity contribution in [2.75, 3.05) is 13.1 Å². The Labute approximate surface area is 148 Å². The van der Waals surface area contributed by atoms with Crippen molar-refractivity contribution >= 4 is 0 Å². The fourth-order valence-corrected chi connectivity index (χ4v) is 3.17. The molecule has 0 heterocycles. The molecule has 1 nitrogen and oxygen atoms in total. The average molecular weight is 325 g/mol. The number of nitrogens with one attached hydrogen (secondary N) is 1. The van der Waals surface area contributed by atoms with Crippen LogP contribution in [-0.4, -0.2) is 13.1 Å². The number of hydrogen-bond donors (Lipinski definition) is 1. The van der Waals surface area contributed by atoms with E-state index in [4.69, 9.17) is 0 Å². The van der Waals surface area contributed by atoms with Gasteiger partial charge >= 0.3 is 0 Å². The summed E-state index contributed by atoms with van der Waals surface area (Å²) >= 11 is 0. The molecule has 0 saturated carbocycles. The largest absolute Gasteiger partial charge is 0.317 e. The maximum atomic E-state index is 3.88. The molecular formula is C22H46N. The third kappa shape index (κ3) is 22.0. The van der Waals surface area contributed by atoms with Gasteiger partial charge in [0.2, 0.25) is 0 Å². The molecule has 0 atom stereocenters. The molecule has 1 radical (unpaired) electrons. The SMILES string of the molecule is [CH2]CCCCCNCCCCCCCCCCCCCCCC. The maximum Gasteiger partial charge on any atom is -0.00489 e. The van der Waals surface area contributed by atoms with Gasteiger partial charge in [-0.25, -0.2) is 0 Å². The molecule has 0 rings (SSSR count). The van der Waals surface area contributed by atoms with Gasteiger partial charge in [0.1, 0.15) is 0 Å². The minimum absolute atomic E-state index is 1.10. The molecule has 1 heteroatoms. The van der Waals surface area contributed by atoms with E-state index < -0.39 is 0 Å². The molecule has 0 aliphatic carbocycles. The summed E-state index contributed by atoms with van der Waals surface area (Å²) in [6.45, 7) is 8.61. The van der Waals surface area contributed by atoms with Gasteiger partial charge in [0.25, 0.3) is 0 Å². The highest BCUT2D eigenvalue weighted by Gasteiger charge is 1.94. The van der Waals surface area contributed by atoms with Gasteiger partial charge in [0.15, 0.2) is 0 Å². The van der Waals surface area contributed by atoms with E-state index in [-0.39, 0.29) is 0 Å². The Hall–Kier alpha value is -0.0400. The molecule has 0 saturated heterocycles. The number of rotatable bonds is 20. The molecule has 0 aliphatic heterocycles. The van der Waals surface area contributed by atoms with Crippen LogP contribution in [0.5, 0.6) is 0 Å². The number of unbranched alkanes of at least 4 members (excludes halogenated alkanes) is 16. The quantitative estimate of drug-likeness (QED) is 0.229. The predicted molar refractivity (Wildman–Crippen MR) is 107 cm³/mol. The molecule has 0 aromatic heterocycles. The molecular weight excluding hydrogens is 278 g/mol. The first-order valence-electron chi connectivity index (χ1n) is 10.9. The van der Waals surface area contributed by atoms with E-state index in [0.29, 0.717) is 0 Å². The summed E-state index contributed by atoms with van der Waals surface area (Å²) in [4.78, 5) is 0. The second-order valence-electron chi connectivity index (χ2n) is 7.26. The third-order valence-electron chi connectivity index (χ3n) is 4.81. The first kappa shape index (κ1) is 23.0. The van der Waals surface area contributed by atoms with Gasteiger partial charge in [0, 0.05) is 0 Å². The van der Waals surface area contributed by atoms with Gasteiger partial charge in [-0.05, 0) is 25.9 Å². The van der Waals surface area contributed by atoms with Crippen molar-refractivity contribution in [3.8, 4) is 0 Å². The van der Waals surface area contributed by atoms with Crippen LogP contribution in [0.15, 0.2) is 0 Å². The molecule has 0 aliphatic rings. The lowest BCUT2D eigenvalue weighted by Crippen LogP contribution is -2.16. The first-order valence-corrected chi connectivity index (χ1v) is 10.9. The molecule has 0 fully saturated rings. The molecule has 0 spiro atoms. The summed E-state index contributed by atoms with van der Waals surface area (Å²) in [7, 11) is 0. The topological polar surface area (TPSA) is 12.0 Å². The van der Waals surface area contributed by atoms with E-state index >= 15 is 0 Å². The van der Waals surface area contributed by atoms with Gasteiger partial charge in [0.05, 0.1) is 0 Å². The molecule has 139 valence electrons. The fourth-order valence-electron chi connectivity index (χ4n) is 3.17. The molecule has 0 aromatic rings. The zero-order valence-corrected chi connectivity index (χ0v) is 16.3. The highest BCUT2D eigenvalue weighted by molar-refractivity contribution is 4.52. The van der Waals surface area contributed by atoms with Crippen molar-refractivity contribution in [3.63, 3.8) is 0 Å². The molecule has 0 bridgehead atoms. The van der Waals surface area contributed by atoms with Crippen molar-refractivity contribution in [3.05, 3.63) is 6.92 Å². The van der Waals surface area contributed by atoms with Crippen LogP contribution in [-0.2, 0) is 0 Å². The van der Waals surface area contributed by atoms with Gasteiger partial charge in [-0.15, -0.1) is 0 Å². The van der Waals surface area contributed by atoms with Crippen LogP contribution < -0.4 is 5.32 Å². The lowest BCUT2D eigenvalue weighted by molar-refractivity contribution is 0.526. The maximum absolute atomic E-state index is 3.88. The standard InChI is InChI=1S/C22H46N/c1-3-5-7-9-10-11-12-13-14-15-16-17-18-20-22-23-21-19-8-6-4-2/h23H,2-22H2,1H3. The van der Waals surface area contributed by atoms with Crippen molar-refractivity contribution in [1.29, 1.82) is 0 Å². The monoisotopic (exact) mass is 324 g/mol. The Balaban J connectivity index is 2.92. The van der Waals surface area contributed by atoms with E-state index in [1.807, 2.05) is 0 Å². The lowest BCUT2D eigenvalue weighted by atomic mass is 10.0. The normalized spacial score (nSPS) is 11.2. The smallest absolute Gasteiger partial charge is 0.00489 e. The Kier molecular flexibility index (Phi) is 21.9. The Morgan fingerprint density at radius 3 is 1.22 bits per heavy atom. The molecule has 0 aromatic carbocycles. The Morgan fingerprint density at radius 2 is 0.826 bits per heavy atom. The van der Waals surface area contributed by atoms with Crippen LogP contribution in [0.2, 0.25) is 0 Å².